The Balaban J connectivity index is 1.76. The first-order valence-electron chi connectivity index (χ1n) is 9.41. The van der Waals surface area contributed by atoms with Crippen molar-refractivity contribution in [1.82, 2.24) is 15.2 Å². The number of amides is 2. The molecule has 1 aliphatic rings. The molecule has 2 heterocycles. The molecular formula is C20H22F2N6O2. The van der Waals surface area contributed by atoms with E-state index >= 15 is 0 Å². The lowest BCUT2D eigenvalue weighted by Crippen LogP contribution is -2.43. The molecule has 2 aromatic rings. The number of carbonyl (C=O) groups excluding carboxylic acids is 2. The maximum atomic E-state index is 13.5. The van der Waals surface area contributed by atoms with Crippen LogP contribution in [-0.4, -0.2) is 66.9 Å². The molecule has 3 N–H and O–H groups in total. The fourth-order valence-electron chi connectivity index (χ4n) is 3.44. The summed E-state index contributed by atoms with van der Waals surface area (Å²) in [5, 5.41) is 12.1. The fraction of sp³-hybridized carbons (Fsp3) is 0.400. The summed E-state index contributed by atoms with van der Waals surface area (Å²) < 4.78 is 27.1. The summed E-state index contributed by atoms with van der Waals surface area (Å²) in [7, 11) is 1.88. The molecule has 158 valence electrons. The highest BCUT2D eigenvalue weighted by atomic mass is 19.3. The van der Waals surface area contributed by atoms with Gasteiger partial charge in [-0.3, -0.25) is 14.6 Å². The number of nitriles is 1. The number of halogens is 2. The smallest absolute Gasteiger partial charge is 0.268 e. The summed E-state index contributed by atoms with van der Waals surface area (Å²) in [6, 6.07) is 7.49. The Bertz CT molecular complexity index is 1010. The fourth-order valence-corrected chi connectivity index (χ4v) is 3.44. The second-order valence-electron chi connectivity index (χ2n) is 7.18. The molecule has 0 saturated carbocycles. The zero-order chi connectivity index (χ0) is 21.9. The molecule has 0 radical (unpaired) electrons. The van der Waals surface area contributed by atoms with Crippen molar-refractivity contribution < 1.29 is 18.4 Å². The minimum absolute atomic E-state index is 0.305. The van der Waals surface area contributed by atoms with Crippen LogP contribution in [0, 0.1) is 11.3 Å². The van der Waals surface area contributed by atoms with Gasteiger partial charge in [-0.25, -0.2) is 8.78 Å². The number of anilines is 1. The van der Waals surface area contributed by atoms with E-state index in [4.69, 9.17) is 11.0 Å². The standard InChI is InChI=1S/C20H22F2N6O2/c1-27(7-5-23)13-2-3-17-16(8-13)15(4-6-25-17)19(30)26-11-18(29)28-12-20(21,22)9-14(28)10-24/h2-4,6,8,14H,5,7,9,11-12,23H2,1H3,(H,26,30). The first-order chi connectivity index (χ1) is 14.3. The summed E-state index contributed by atoms with van der Waals surface area (Å²) in [6.07, 6.45) is 0.784. The number of benzene rings is 1. The van der Waals surface area contributed by atoms with E-state index in [-0.39, 0.29) is 0 Å². The average molecular weight is 416 g/mol. The molecule has 0 aliphatic carbocycles. The van der Waals surface area contributed by atoms with Crippen molar-refractivity contribution in [3.05, 3.63) is 36.0 Å². The molecule has 1 unspecified atom stereocenters. The van der Waals surface area contributed by atoms with Gasteiger partial charge in [-0.2, -0.15) is 5.26 Å². The predicted octanol–water partition coefficient (Wildman–Crippen LogP) is 1.12. The number of carbonyl (C=O) groups is 2. The van der Waals surface area contributed by atoms with E-state index in [1.165, 1.54) is 12.3 Å². The van der Waals surface area contributed by atoms with Gasteiger partial charge in [-0.15, -0.1) is 0 Å². The SMILES string of the molecule is CN(CCN)c1ccc2nccc(C(=O)NCC(=O)N3CC(F)(F)CC3C#N)c2c1. The van der Waals surface area contributed by atoms with Crippen LogP contribution < -0.4 is 16.0 Å². The van der Waals surface area contributed by atoms with E-state index in [0.717, 1.165) is 10.6 Å². The number of hydrogen-bond acceptors (Lipinski definition) is 6. The van der Waals surface area contributed by atoms with Crippen molar-refractivity contribution >= 4 is 28.4 Å². The van der Waals surface area contributed by atoms with Crippen LogP contribution in [0.4, 0.5) is 14.5 Å². The lowest BCUT2D eigenvalue weighted by Gasteiger charge is -2.20. The van der Waals surface area contributed by atoms with Gasteiger partial charge in [0.05, 0.1) is 30.2 Å². The van der Waals surface area contributed by atoms with E-state index in [9.17, 15) is 18.4 Å². The van der Waals surface area contributed by atoms with Crippen LogP contribution in [0.2, 0.25) is 0 Å². The van der Waals surface area contributed by atoms with E-state index < -0.39 is 43.3 Å². The van der Waals surface area contributed by atoms with Crippen molar-refractivity contribution in [2.45, 2.75) is 18.4 Å². The third-order valence-corrected chi connectivity index (χ3v) is 5.01. The van der Waals surface area contributed by atoms with Crippen molar-refractivity contribution in [3.63, 3.8) is 0 Å². The molecule has 8 nitrogen and oxygen atoms in total. The molecule has 10 heteroatoms. The number of fused-ring (bicyclic) bond motifs is 1. The molecule has 1 aliphatic heterocycles. The topological polar surface area (TPSA) is 115 Å². The van der Waals surface area contributed by atoms with Gasteiger partial charge in [-0.1, -0.05) is 0 Å². The normalized spacial score (nSPS) is 17.6. The summed E-state index contributed by atoms with van der Waals surface area (Å²) >= 11 is 0. The van der Waals surface area contributed by atoms with Gasteiger partial charge in [-0.05, 0) is 24.3 Å². The van der Waals surface area contributed by atoms with Crippen molar-refractivity contribution in [3.8, 4) is 6.07 Å². The predicted molar refractivity (Wildman–Crippen MR) is 107 cm³/mol. The van der Waals surface area contributed by atoms with E-state index in [0.29, 0.717) is 29.6 Å². The number of nitrogens with one attached hydrogen (secondary N) is 1. The number of pyridine rings is 1. The monoisotopic (exact) mass is 416 g/mol. The van der Waals surface area contributed by atoms with Crippen LogP contribution in [0.25, 0.3) is 10.9 Å². The molecule has 1 aromatic carbocycles. The molecule has 1 aromatic heterocycles. The molecule has 1 saturated heterocycles. The molecule has 0 spiro atoms. The first-order valence-corrected chi connectivity index (χ1v) is 9.41. The van der Waals surface area contributed by atoms with Gasteiger partial charge in [0, 0.05) is 43.8 Å². The van der Waals surface area contributed by atoms with Gasteiger partial charge in [0.1, 0.15) is 6.04 Å². The number of alkyl halides is 2. The highest BCUT2D eigenvalue weighted by molar-refractivity contribution is 6.07. The largest absolute Gasteiger partial charge is 0.373 e. The second kappa shape index (κ2) is 8.59. The number of nitrogens with zero attached hydrogens (tertiary/aromatic N) is 4. The van der Waals surface area contributed by atoms with Crippen LogP contribution in [0.1, 0.15) is 16.8 Å². The third-order valence-electron chi connectivity index (χ3n) is 5.01. The van der Waals surface area contributed by atoms with Crippen LogP contribution in [0.5, 0.6) is 0 Å². The lowest BCUT2D eigenvalue weighted by molar-refractivity contribution is -0.131. The van der Waals surface area contributed by atoms with E-state index in [1.807, 2.05) is 24.1 Å². The number of aromatic nitrogens is 1. The Morgan fingerprint density at radius 1 is 1.43 bits per heavy atom. The summed E-state index contributed by atoms with van der Waals surface area (Å²) in [5.74, 6) is -4.37. The Labute approximate surface area is 172 Å². The molecule has 1 atom stereocenters. The first kappa shape index (κ1) is 21.4. The van der Waals surface area contributed by atoms with Gasteiger partial charge >= 0.3 is 0 Å². The third kappa shape index (κ3) is 4.46. The summed E-state index contributed by atoms with van der Waals surface area (Å²) in [5.41, 5.74) is 7.35. The zero-order valence-electron chi connectivity index (χ0n) is 16.4. The molecule has 2 amide bonds. The minimum atomic E-state index is -3.10. The number of likely N-dealkylation sites (tertiary alicyclic amines) is 1. The van der Waals surface area contributed by atoms with Crippen LogP contribution >= 0.6 is 0 Å². The number of hydrogen-bond donors (Lipinski definition) is 2. The van der Waals surface area contributed by atoms with E-state index in [2.05, 4.69) is 10.3 Å². The Kier molecular flexibility index (Phi) is 6.12. The van der Waals surface area contributed by atoms with Crippen LogP contribution in [0.15, 0.2) is 30.5 Å². The highest BCUT2D eigenvalue weighted by Crippen LogP contribution is 2.31. The number of rotatable bonds is 6. The van der Waals surface area contributed by atoms with Crippen LogP contribution in [0.3, 0.4) is 0 Å². The Morgan fingerprint density at radius 3 is 2.90 bits per heavy atom. The van der Waals surface area contributed by atoms with Gasteiger partial charge < -0.3 is 20.9 Å². The van der Waals surface area contributed by atoms with Crippen molar-refractivity contribution in [2.75, 3.05) is 38.1 Å². The van der Waals surface area contributed by atoms with Crippen molar-refractivity contribution in [2.24, 2.45) is 5.73 Å². The van der Waals surface area contributed by atoms with Crippen molar-refractivity contribution in [1.29, 1.82) is 5.26 Å². The zero-order valence-corrected chi connectivity index (χ0v) is 16.4. The average Bonchev–Trinajstić information content (AvgIpc) is 3.05. The lowest BCUT2D eigenvalue weighted by atomic mass is 10.1. The van der Waals surface area contributed by atoms with Gasteiger partial charge in [0.2, 0.25) is 5.91 Å². The maximum absolute atomic E-state index is 13.5. The number of likely N-dealkylation sites (N-methyl/N-ethyl adjacent to an activating group) is 1. The van der Waals surface area contributed by atoms with E-state index in [1.54, 1.807) is 12.1 Å². The highest BCUT2D eigenvalue weighted by Gasteiger charge is 2.47. The Morgan fingerprint density at radius 2 is 2.20 bits per heavy atom. The van der Waals surface area contributed by atoms with Gasteiger partial charge in [0.25, 0.3) is 11.8 Å². The van der Waals surface area contributed by atoms with Crippen LogP contribution in [-0.2, 0) is 4.79 Å². The second-order valence-corrected chi connectivity index (χ2v) is 7.18. The molecule has 1 fully saturated rings. The molecular weight excluding hydrogens is 394 g/mol. The molecule has 30 heavy (non-hydrogen) atoms. The number of nitrogens with two attached hydrogens (primary N) is 1. The summed E-state index contributed by atoms with van der Waals surface area (Å²) in [6.45, 7) is -0.211. The van der Waals surface area contributed by atoms with Gasteiger partial charge in [0.15, 0.2) is 0 Å². The Hall–Kier alpha value is -3.32. The minimum Gasteiger partial charge on any atom is -0.373 e. The molecule has 3 rings (SSSR count). The molecule has 0 bridgehead atoms. The maximum Gasteiger partial charge on any atom is 0.268 e. The quantitative estimate of drug-likeness (QED) is 0.729. The summed E-state index contributed by atoms with van der Waals surface area (Å²) in [4.78, 5) is 32.0.